The van der Waals surface area contributed by atoms with Crippen LogP contribution in [0.3, 0.4) is 0 Å². The molecule has 0 spiro atoms. The van der Waals surface area contributed by atoms with Gasteiger partial charge in [-0.1, -0.05) is 11.6 Å². The Hall–Kier alpha value is -1.17. The van der Waals surface area contributed by atoms with E-state index in [1.54, 1.807) is 0 Å². The summed E-state index contributed by atoms with van der Waals surface area (Å²) in [6.07, 6.45) is -4.85. The lowest BCUT2D eigenvalue weighted by Crippen LogP contribution is -2.21. The fourth-order valence-corrected chi connectivity index (χ4v) is 0.976. The van der Waals surface area contributed by atoms with E-state index in [2.05, 4.69) is 4.74 Å². The minimum Gasteiger partial charge on any atom is -0.389 e. The third-order valence-electron chi connectivity index (χ3n) is 1.41. The Morgan fingerprint density at radius 3 is 2.57 bits per heavy atom. The lowest BCUT2D eigenvalue weighted by atomic mass is 10.3. The van der Waals surface area contributed by atoms with Gasteiger partial charge in [-0.05, 0) is 6.92 Å². The summed E-state index contributed by atoms with van der Waals surface area (Å²) in [5.41, 5.74) is -0.719. The average Bonchev–Trinajstić information content (AvgIpc) is 1.96. The molecule has 1 N–H and O–H groups in total. The lowest BCUT2D eigenvalue weighted by molar-refractivity contribution is -0.276. The van der Waals surface area contributed by atoms with E-state index in [0.717, 1.165) is 6.07 Å². The normalized spacial score (nSPS) is 11.5. The molecule has 0 fully saturated rings. The number of aromatic nitrogens is 1. The largest absolute Gasteiger partial charge is 0.574 e. The molecule has 0 bridgehead atoms. The quantitative estimate of drug-likeness (QED) is 0.799. The molecule has 0 saturated heterocycles. The Bertz CT molecular complexity index is 399. The monoisotopic (exact) mass is 227 g/mol. The van der Waals surface area contributed by atoms with Crippen LogP contribution in [0.2, 0.25) is 5.02 Å². The number of hydrogen-bond acceptors (Lipinski definition) is 2. The first-order chi connectivity index (χ1) is 6.29. The summed E-state index contributed by atoms with van der Waals surface area (Å²) < 4.78 is 38.9. The maximum absolute atomic E-state index is 11.8. The molecule has 0 aliphatic heterocycles. The summed E-state index contributed by atoms with van der Waals surface area (Å²) >= 11 is 5.48. The van der Waals surface area contributed by atoms with E-state index in [4.69, 9.17) is 11.6 Å². The smallest absolute Gasteiger partial charge is 0.389 e. The molecular weight excluding hydrogens is 223 g/mol. The minimum atomic E-state index is -4.85. The number of alkyl halides is 3. The molecule has 1 aromatic heterocycles. The van der Waals surface area contributed by atoms with Gasteiger partial charge in [-0.15, -0.1) is 13.2 Å². The molecule has 0 aliphatic carbocycles. The topological polar surface area (TPSA) is 42.1 Å². The second-order valence-corrected chi connectivity index (χ2v) is 2.89. The second kappa shape index (κ2) is 3.53. The predicted octanol–water partition coefficient (Wildman–Crippen LogP) is 2.24. The highest BCUT2D eigenvalue weighted by atomic mass is 35.5. The third-order valence-corrected chi connectivity index (χ3v) is 1.80. The summed E-state index contributed by atoms with van der Waals surface area (Å²) in [4.78, 5) is 12.7. The first kappa shape index (κ1) is 10.9. The van der Waals surface area contributed by atoms with Crippen molar-refractivity contribution in [2.75, 3.05) is 0 Å². The number of halogens is 4. The number of H-pyrrole nitrogens is 1. The summed E-state index contributed by atoms with van der Waals surface area (Å²) in [6, 6.07) is 0.972. The molecule has 0 unspecified atom stereocenters. The van der Waals surface area contributed by atoms with Crippen molar-refractivity contribution < 1.29 is 17.9 Å². The van der Waals surface area contributed by atoms with Crippen LogP contribution in [0.4, 0.5) is 13.2 Å². The zero-order valence-electron chi connectivity index (χ0n) is 6.91. The van der Waals surface area contributed by atoms with Crippen molar-refractivity contribution in [3.63, 3.8) is 0 Å². The first-order valence-corrected chi connectivity index (χ1v) is 3.82. The lowest BCUT2D eigenvalue weighted by Gasteiger charge is -2.10. The second-order valence-electron chi connectivity index (χ2n) is 2.48. The number of pyridine rings is 1. The van der Waals surface area contributed by atoms with Gasteiger partial charge in [0.25, 0.3) is 5.56 Å². The highest BCUT2D eigenvalue weighted by Crippen LogP contribution is 2.26. The van der Waals surface area contributed by atoms with Gasteiger partial charge in [0.2, 0.25) is 5.88 Å². The Kier molecular flexibility index (Phi) is 2.75. The summed E-state index contributed by atoms with van der Waals surface area (Å²) in [5.74, 6) is -0.685. The van der Waals surface area contributed by atoms with Crippen LogP contribution < -0.4 is 10.3 Å². The number of ether oxygens (including phenoxy) is 1. The molecule has 0 aliphatic rings. The van der Waals surface area contributed by atoms with Crippen molar-refractivity contribution in [1.29, 1.82) is 0 Å². The Morgan fingerprint density at radius 1 is 1.50 bits per heavy atom. The van der Waals surface area contributed by atoms with E-state index in [1.165, 1.54) is 6.92 Å². The minimum absolute atomic E-state index is 0.0311. The predicted molar refractivity (Wildman–Crippen MR) is 43.5 cm³/mol. The third kappa shape index (κ3) is 2.66. The van der Waals surface area contributed by atoms with Gasteiger partial charge in [0.1, 0.15) is 0 Å². The van der Waals surface area contributed by atoms with Crippen molar-refractivity contribution in [3.8, 4) is 5.88 Å². The van der Waals surface area contributed by atoms with E-state index in [1.807, 2.05) is 4.98 Å². The van der Waals surface area contributed by atoms with Crippen LogP contribution in [-0.2, 0) is 0 Å². The SMILES string of the molecule is Cc1c(Cl)cc(=O)[nH]c1OC(F)(F)F. The van der Waals surface area contributed by atoms with Crippen molar-refractivity contribution >= 4 is 11.6 Å². The van der Waals surface area contributed by atoms with Crippen molar-refractivity contribution in [1.82, 2.24) is 4.98 Å². The number of aromatic amines is 1. The van der Waals surface area contributed by atoms with Crippen LogP contribution in [0.1, 0.15) is 5.56 Å². The standard InChI is InChI=1S/C7H5ClF3NO2/c1-3-4(8)2-5(13)12-6(3)14-7(9,10)11/h2H,1H3,(H,12,13). The molecule has 1 rings (SSSR count). The molecule has 1 aromatic rings. The number of nitrogens with one attached hydrogen (secondary N) is 1. The van der Waals surface area contributed by atoms with Gasteiger partial charge in [-0.3, -0.25) is 9.78 Å². The van der Waals surface area contributed by atoms with Crippen molar-refractivity contribution in [2.24, 2.45) is 0 Å². The molecule has 0 atom stereocenters. The maximum atomic E-state index is 11.8. The fourth-order valence-electron chi connectivity index (χ4n) is 0.791. The highest BCUT2D eigenvalue weighted by Gasteiger charge is 2.32. The van der Waals surface area contributed by atoms with Gasteiger partial charge in [-0.25, -0.2) is 0 Å². The van der Waals surface area contributed by atoms with Gasteiger partial charge in [0, 0.05) is 11.6 Å². The van der Waals surface area contributed by atoms with E-state index < -0.39 is 17.8 Å². The fraction of sp³-hybridized carbons (Fsp3) is 0.286. The van der Waals surface area contributed by atoms with Crippen LogP contribution in [0.5, 0.6) is 5.88 Å². The average molecular weight is 228 g/mol. The number of rotatable bonds is 1. The maximum Gasteiger partial charge on any atom is 0.574 e. The van der Waals surface area contributed by atoms with E-state index in [-0.39, 0.29) is 10.6 Å². The van der Waals surface area contributed by atoms with Gasteiger partial charge < -0.3 is 4.74 Å². The molecule has 14 heavy (non-hydrogen) atoms. The Morgan fingerprint density at radius 2 is 2.07 bits per heavy atom. The molecule has 0 radical (unpaired) electrons. The van der Waals surface area contributed by atoms with Crippen LogP contribution in [0.15, 0.2) is 10.9 Å². The van der Waals surface area contributed by atoms with Crippen LogP contribution in [0, 0.1) is 6.92 Å². The molecule has 1 heterocycles. The summed E-state index contributed by atoms with van der Waals surface area (Å²) in [5, 5.41) is -0.0759. The molecule has 3 nitrogen and oxygen atoms in total. The molecule has 7 heteroatoms. The highest BCUT2D eigenvalue weighted by molar-refractivity contribution is 6.31. The van der Waals surface area contributed by atoms with Crippen molar-refractivity contribution in [3.05, 3.63) is 27.0 Å². The van der Waals surface area contributed by atoms with E-state index in [0.29, 0.717) is 0 Å². The van der Waals surface area contributed by atoms with Crippen LogP contribution in [0.25, 0.3) is 0 Å². The summed E-state index contributed by atoms with van der Waals surface area (Å²) in [7, 11) is 0. The molecular formula is C7H5ClF3NO2. The molecule has 0 saturated carbocycles. The van der Waals surface area contributed by atoms with Crippen LogP contribution in [-0.4, -0.2) is 11.3 Å². The Labute approximate surface area is 81.5 Å². The molecule has 0 aromatic carbocycles. The first-order valence-electron chi connectivity index (χ1n) is 3.45. The van der Waals surface area contributed by atoms with Gasteiger partial charge in [-0.2, -0.15) is 0 Å². The van der Waals surface area contributed by atoms with Crippen LogP contribution >= 0.6 is 11.6 Å². The van der Waals surface area contributed by atoms with Gasteiger partial charge in [0.05, 0.1) is 5.02 Å². The van der Waals surface area contributed by atoms with E-state index in [9.17, 15) is 18.0 Å². The summed E-state index contributed by atoms with van der Waals surface area (Å²) in [6.45, 7) is 1.30. The zero-order valence-corrected chi connectivity index (χ0v) is 7.66. The van der Waals surface area contributed by atoms with Gasteiger partial charge in [0.15, 0.2) is 0 Å². The Balaban J connectivity index is 3.15. The molecule has 0 amide bonds. The molecule has 78 valence electrons. The van der Waals surface area contributed by atoms with Gasteiger partial charge >= 0.3 is 6.36 Å². The number of hydrogen-bond donors (Lipinski definition) is 1. The zero-order chi connectivity index (χ0) is 10.9. The van der Waals surface area contributed by atoms with Crippen molar-refractivity contribution in [2.45, 2.75) is 13.3 Å². The van der Waals surface area contributed by atoms with E-state index >= 15 is 0 Å².